The molecule has 1 atom stereocenters. The lowest BCUT2D eigenvalue weighted by Gasteiger charge is -2.19. The average molecular weight is 434 g/mol. The lowest BCUT2D eigenvalue weighted by atomic mass is 10.0. The van der Waals surface area contributed by atoms with Crippen LogP contribution in [0.3, 0.4) is 0 Å². The number of thiazole rings is 1. The van der Waals surface area contributed by atoms with E-state index in [9.17, 15) is 18.3 Å². The zero-order chi connectivity index (χ0) is 21.9. The number of benzene rings is 1. The van der Waals surface area contributed by atoms with E-state index in [0.29, 0.717) is 23.5 Å². The van der Waals surface area contributed by atoms with Gasteiger partial charge in [0, 0.05) is 18.1 Å². The van der Waals surface area contributed by atoms with Gasteiger partial charge in [0.05, 0.1) is 4.88 Å². The summed E-state index contributed by atoms with van der Waals surface area (Å²) in [5, 5.41) is 14.1. The van der Waals surface area contributed by atoms with Gasteiger partial charge in [0.1, 0.15) is 16.3 Å². The fourth-order valence-electron chi connectivity index (χ4n) is 2.85. The Labute approximate surface area is 176 Å². The van der Waals surface area contributed by atoms with Crippen molar-refractivity contribution in [3.8, 4) is 10.4 Å². The minimum atomic E-state index is -4.54. The van der Waals surface area contributed by atoms with E-state index in [1.54, 1.807) is 31.3 Å². The van der Waals surface area contributed by atoms with Gasteiger partial charge in [-0.05, 0) is 56.0 Å². The molecule has 0 radical (unpaired) electrons. The second-order valence-electron chi connectivity index (χ2n) is 7.11. The van der Waals surface area contributed by atoms with E-state index in [4.69, 9.17) is 0 Å². The van der Waals surface area contributed by atoms with Crippen molar-refractivity contribution in [1.29, 1.82) is 0 Å². The fraction of sp³-hybridized carbons (Fsp3) is 0.286. The minimum Gasteiger partial charge on any atom is -0.383 e. The van der Waals surface area contributed by atoms with Gasteiger partial charge < -0.3 is 10.4 Å². The number of alkyl halides is 3. The molecule has 0 saturated carbocycles. The van der Waals surface area contributed by atoms with E-state index in [1.165, 1.54) is 11.3 Å². The van der Waals surface area contributed by atoms with Crippen LogP contribution in [0.5, 0.6) is 0 Å². The van der Waals surface area contributed by atoms with E-state index in [-0.39, 0.29) is 5.95 Å². The first-order chi connectivity index (χ1) is 14.1. The Morgan fingerprint density at radius 3 is 2.70 bits per heavy atom. The zero-order valence-electron chi connectivity index (χ0n) is 16.5. The number of allylic oxidation sites excluding steroid dienone is 1. The zero-order valence-corrected chi connectivity index (χ0v) is 17.3. The minimum absolute atomic E-state index is 0.140. The molecule has 1 aromatic carbocycles. The summed E-state index contributed by atoms with van der Waals surface area (Å²) in [6.07, 6.45) is 1.13. The van der Waals surface area contributed by atoms with Crippen molar-refractivity contribution in [2.24, 2.45) is 0 Å². The maximum absolute atomic E-state index is 12.9. The fourth-order valence-corrected chi connectivity index (χ4v) is 3.83. The second kappa shape index (κ2) is 8.53. The number of aromatic nitrogens is 3. The van der Waals surface area contributed by atoms with Gasteiger partial charge in [0.25, 0.3) is 0 Å². The molecule has 5 nitrogen and oxygen atoms in total. The molecule has 1 unspecified atom stereocenters. The second-order valence-corrected chi connectivity index (χ2v) is 8.14. The summed E-state index contributed by atoms with van der Waals surface area (Å²) in [4.78, 5) is 12.6. The van der Waals surface area contributed by atoms with Gasteiger partial charge in [-0.1, -0.05) is 12.1 Å². The Bertz CT molecular complexity index is 1050. The van der Waals surface area contributed by atoms with Crippen LogP contribution in [0.1, 0.15) is 36.0 Å². The predicted octanol–water partition coefficient (Wildman–Crippen LogP) is 5.84. The third kappa shape index (κ3) is 5.22. The lowest BCUT2D eigenvalue weighted by molar-refractivity contribution is -0.141. The average Bonchev–Trinajstić information content (AvgIpc) is 3.17. The van der Waals surface area contributed by atoms with Crippen LogP contribution in [-0.2, 0) is 11.8 Å². The highest BCUT2D eigenvalue weighted by Gasteiger charge is 2.32. The van der Waals surface area contributed by atoms with Gasteiger partial charge in [-0.15, -0.1) is 17.9 Å². The molecule has 3 rings (SSSR count). The molecule has 0 aliphatic carbocycles. The Morgan fingerprint density at radius 2 is 2.00 bits per heavy atom. The molecule has 0 spiro atoms. The number of nitrogens with zero attached hydrogens (tertiary/aromatic N) is 3. The topological polar surface area (TPSA) is 70.9 Å². The molecule has 2 N–H and O–H groups in total. The molecule has 30 heavy (non-hydrogen) atoms. The SMILES string of the molecule is C=CCCC(C)(O)c1ncc(-c2cc(C)cc(Nc3nccc(C(F)(F)F)n3)c2)s1. The standard InChI is InChI=1S/C21H21F3N4OS/c1-4-5-7-20(3,29)18-26-12-16(30-18)14-9-13(2)10-15(11-14)27-19-25-8-6-17(28-19)21(22,23)24/h4,6,8-12,29H,1,5,7H2,2-3H3,(H,25,27,28). The Balaban J connectivity index is 1.87. The quantitative estimate of drug-likeness (QED) is 0.457. The van der Waals surface area contributed by atoms with Crippen LogP contribution in [0, 0.1) is 6.92 Å². The van der Waals surface area contributed by atoms with Gasteiger partial charge >= 0.3 is 6.18 Å². The summed E-state index contributed by atoms with van der Waals surface area (Å²) >= 11 is 1.37. The highest BCUT2D eigenvalue weighted by molar-refractivity contribution is 7.15. The van der Waals surface area contributed by atoms with Crippen molar-refractivity contribution >= 4 is 23.0 Å². The number of anilines is 2. The largest absolute Gasteiger partial charge is 0.433 e. The van der Waals surface area contributed by atoms with Crippen molar-refractivity contribution in [1.82, 2.24) is 15.0 Å². The number of nitrogens with one attached hydrogen (secondary N) is 1. The number of hydrogen-bond acceptors (Lipinski definition) is 6. The molecule has 3 aromatic rings. The normalized spacial score (nSPS) is 13.7. The van der Waals surface area contributed by atoms with Gasteiger partial charge in [-0.25, -0.2) is 15.0 Å². The number of halogens is 3. The van der Waals surface area contributed by atoms with Gasteiger partial charge in [-0.2, -0.15) is 13.2 Å². The summed E-state index contributed by atoms with van der Waals surface area (Å²) in [6.45, 7) is 7.27. The van der Waals surface area contributed by atoms with Crippen molar-refractivity contribution in [3.05, 3.63) is 65.6 Å². The van der Waals surface area contributed by atoms with Crippen LogP contribution in [0.25, 0.3) is 10.4 Å². The maximum atomic E-state index is 12.9. The van der Waals surface area contributed by atoms with Crippen LogP contribution >= 0.6 is 11.3 Å². The van der Waals surface area contributed by atoms with Crippen molar-refractivity contribution < 1.29 is 18.3 Å². The van der Waals surface area contributed by atoms with Crippen molar-refractivity contribution in [3.63, 3.8) is 0 Å². The summed E-state index contributed by atoms with van der Waals surface area (Å²) in [6, 6.07) is 6.33. The highest BCUT2D eigenvalue weighted by atomic mass is 32.1. The Hall–Kier alpha value is -2.78. The van der Waals surface area contributed by atoms with Gasteiger partial charge in [0.15, 0.2) is 0 Å². The van der Waals surface area contributed by atoms with E-state index in [2.05, 4.69) is 26.8 Å². The summed E-state index contributed by atoms with van der Waals surface area (Å²) in [5.74, 6) is -0.140. The Morgan fingerprint density at radius 1 is 1.23 bits per heavy atom. The van der Waals surface area contributed by atoms with E-state index < -0.39 is 17.5 Å². The molecule has 0 amide bonds. The number of aliphatic hydroxyl groups is 1. The molecule has 0 aliphatic heterocycles. The molecule has 0 bridgehead atoms. The van der Waals surface area contributed by atoms with Crippen molar-refractivity contribution in [2.45, 2.75) is 38.5 Å². The summed E-state index contributed by atoms with van der Waals surface area (Å²) in [5.41, 5.74) is 0.205. The number of hydrogen-bond donors (Lipinski definition) is 2. The van der Waals surface area contributed by atoms with E-state index >= 15 is 0 Å². The van der Waals surface area contributed by atoms with Crippen molar-refractivity contribution in [2.75, 3.05) is 5.32 Å². The molecule has 9 heteroatoms. The van der Waals surface area contributed by atoms with E-state index in [1.807, 2.05) is 13.0 Å². The van der Waals surface area contributed by atoms with E-state index in [0.717, 1.165) is 28.3 Å². The smallest absolute Gasteiger partial charge is 0.383 e. The molecule has 158 valence electrons. The monoisotopic (exact) mass is 434 g/mol. The van der Waals surface area contributed by atoms with Crippen LogP contribution in [-0.4, -0.2) is 20.1 Å². The molecule has 0 aliphatic rings. The molecular weight excluding hydrogens is 413 g/mol. The van der Waals surface area contributed by atoms with Crippen LogP contribution in [0.15, 0.2) is 49.3 Å². The molecular formula is C21H21F3N4OS. The molecule has 0 saturated heterocycles. The third-order valence-electron chi connectivity index (χ3n) is 4.37. The van der Waals surface area contributed by atoms with Crippen LogP contribution < -0.4 is 5.32 Å². The first kappa shape index (κ1) is 21.9. The summed E-state index contributed by atoms with van der Waals surface area (Å²) < 4.78 is 38.6. The third-order valence-corrected chi connectivity index (χ3v) is 5.67. The maximum Gasteiger partial charge on any atom is 0.433 e. The Kier molecular flexibility index (Phi) is 6.23. The molecule has 2 heterocycles. The summed E-state index contributed by atoms with van der Waals surface area (Å²) in [7, 11) is 0. The first-order valence-corrected chi connectivity index (χ1v) is 9.99. The van der Waals surface area contributed by atoms with Crippen LogP contribution in [0.2, 0.25) is 0 Å². The first-order valence-electron chi connectivity index (χ1n) is 9.17. The number of rotatable bonds is 7. The highest BCUT2D eigenvalue weighted by Crippen LogP contribution is 2.36. The molecule has 0 fully saturated rings. The predicted molar refractivity (Wildman–Crippen MR) is 112 cm³/mol. The number of aryl methyl sites for hydroxylation is 1. The van der Waals surface area contributed by atoms with Crippen LogP contribution in [0.4, 0.5) is 24.8 Å². The van der Waals surface area contributed by atoms with Gasteiger partial charge in [-0.3, -0.25) is 0 Å². The molecule has 2 aromatic heterocycles. The van der Waals surface area contributed by atoms with Gasteiger partial charge in [0.2, 0.25) is 5.95 Å². The lowest BCUT2D eigenvalue weighted by Crippen LogP contribution is -2.20.